The quantitative estimate of drug-likeness (QED) is 0.232. The maximum atomic E-state index is 12.6. The Morgan fingerprint density at radius 1 is 0.800 bits per heavy atom. The first kappa shape index (κ1) is 26.6. The van der Waals surface area contributed by atoms with E-state index in [2.05, 4.69) is 27.0 Å². The van der Waals surface area contributed by atoms with Gasteiger partial charge in [0, 0.05) is 30.2 Å². The highest BCUT2D eigenvalue weighted by atomic mass is 16.2. The predicted octanol–water partition coefficient (Wildman–Crippen LogP) is 5.56. The molecule has 0 saturated carbocycles. The molecule has 1 heterocycles. The zero-order chi connectivity index (χ0) is 27.9. The SMILES string of the molecule is CN(C)CCNC(=O)Nc1ccc(-c2ccc3ncn(-c4cccc(NC(=O)Cc5ccccc5)c4)c3c2)cc1. The molecule has 0 radical (unpaired) electrons. The van der Waals surface area contributed by atoms with Crippen molar-refractivity contribution in [1.82, 2.24) is 19.8 Å². The van der Waals surface area contributed by atoms with E-state index in [4.69, 9.17) is 0 Å². The number of carbonyl (C=O) groups excluding carboxylic acids is 2. The van der Waals surface area contributed by atoms with Crippen LogP contribution in [0.1, 0.15) is 5.56 Å². The van der Waals surface area contributed by atoms with Crippen LogP contribution in [0.3, 0.4) is 0 Å². The van der Waals surface area contributed by atoms with Crippen LogP contribution in [0, 0.1) is 0 Å². The smallest absolute Gasteiger partial charge is 0.319 e. The van der Waals surface area contributed by atoms with E-state index in [-0.39, 0.29) is 11.9 Å². The number of urea groups is 1. The fourth-order valence-corrected chi connectivity index (χ4v) is 4.43. The van der Waals surface area contributed by atoms with Crippen LogP contribution in [-0.4, -0.2) is 53.6 Å². The first-order valence-electron chi connectivity index (χ1n) is 13.2. The standard InChI is InChI=1S/C32H32N6O2/c1-37(2)18-17-33-32(40)36-26-14-11-24(12-15-26)25-13-16-29-30(20-25)38(22-34-29)28-10-6-9-27(21-28)35-31(39)19-23-7-4-3-5-8-23/h3-16,20-22H,17-19H2,1-2H3,(H,35,39)(H2,33,36,40). The van der Waals surface area contributed by atoms with Gasteiger partial charge >= 0.3 is 6.03 Å². The molecule has 8 nitrogen and oxygen atoms in total. The van der Waals surface area contributed by atoms with Crippen LogP contribution < -0.4 is 16.0 Å². The normalized spacial score (nSPS) is 11.0. The summed E-state index contributed by atoms with van der Waals surface area (Å²) >= 11 is 0. The molecule has 0 spiro atoms. The Bertz CT molecular complexity index is 1610. The summed E-state index contributed by atoms with van der Waals surface area (Å²) in [6.07, 6.45) is 2.11. The number of likely N-dealkylation sites (N-methyl/N-ethyl adjacent to an activating group) is 1. The fourth-order valence-electron chi connectivity index (χ4n) is 4.43. The largest absolute Gasteiger partial charge is 0.337 e. The van der Waals surface area contributed by atoms with Crippen molar-refractivity contribution in [3.05, 3.63) is 109 Å². The van der Waals surface area contributed by atoms with Crippen molar-refractivity contribution in [2.24, 2.45) is 0 Å². The number of imidazole rings is 1. The predicted molar refractivity (Wildman–Crippen MR) is 161 cm³/mol. The van der Waals surface area contributed by atoms with Gasteiger partial charge in [0.05, 0.1) is 17.5 Å². The summed E-state index contributed by atoms with van der Waals surface area (Å²) < 4.78 is 2.01. The summed E-state index contributed by atoms with van der Waals surface area (Å²) in [6.45, 7) is 1.35. The Balaban J connectivity index is 1.30. The summed E-state index contributed by atoms with van der Waals surface area (Å²) in [7, 11) is 3.93. The van der Waals surface area contributed by atoms with Crippen molar-refractivity contribution in [3.63, 3.8) is 0 Å². The number of hydrogen-bond acceptors (Lipinski definition) is 4. The minimum atomic E-state index is -0.224. The van der Waals surface area contributed by atoms with Crippen LogP contribution >= 0.6 is 0 Å². The molecule has 5 rings (SSSR count). The average molecular weight is 533 g/mol. The highest BCUT2D eigenvalue weighted by Gasteiger charge is 2.10. The minimum Gasteiger partial charge on any atom is -0.337 e. The zero-order valence-corrected chi connectivity index (χ0v) is 22.6. The minimum absolute atomic E-state index is 0.0647. The number of nitrogens with one attached hydrogen (secondary N) is 3. The van der Waals surface area contributed by atoms with E-state index in [9.17, 15) is 9.59 Å². The Hall–Kier alpha value is -4.95. The number of benzene rings is 4. The highest BCUT2D eigenvalue weighted by molar-refractivity contribution is 5.93. The number of carbonyl (C=O) groups is 2. The number of fused-ring (bicyclic) bond motifs is 1. The summed E-state index contributed by atoms with van der Waals surface area (Å²) in [4.78, 5) is 31.3. The molecule has 0 unspecified atom stereocenters. The third-order valence-corrected chi connectivity index (χ3v) is 6.48. The third kappa shape index (κ3) is 6.73. The van der Waals surface area contributed by atoms with Crippen molar-refractivity contribution in [1.29, 1.82) is 0 Å². The fraction of sp³-hybridized carbons (Fsp3) is 0.156. The van der Waals surface area contributed by atoms with Gasteiger partial charge in [-0.15, -0.1) is 0 Å². The van der Waals surface area contributed by atoms with E-state index in [0.29, 0.717) is 13.0 Å². The summed E-state index contributed by atoms with van der Waals surface area (Å²) in [5, 5.41) is 8.72. The van der Waals surface area contributed by atoms with Gasteiger partial charge in [-0.2, -0.15) is 0 Å². The van der Waals surface area contributed by atoms with Crippen molar-refractivity contribution < 1.29 is 9.59 Å². The summed E-state index contributed by atoms with van der Waals surface area (Å²) in [5.74, 6) is -0.0647. The maximum absolute atomic E-state index is 12.6. The van der Waals surface area contributed by atoms with Crippen LogP contribution in [-0.2, 0) is 11.2 Å². The van der Waals surface area contributed by atoms with Gasteiger partial charge in [0.1, 0.15) is 6.33 Å². The maximum Gasteiger partial charge on any atom is 0.319 e. The molecule has 0 fully saturated rings. The second kappa shape index (κ2) is 12.3. The molecule has 3 N–H and O–H groups in total. The average Bonchev–Trinajstić information content (AvgIpc) is 3.37. The van der Waals surface area contributed by atoms with Gasteiger partial charge in [-0.25, -0.2) is 9.78 Å². The number of rotatable bonds is 9. The number of amides is 3. The molecule has 5 aromatic rings. The van der Waals surface area contributed by atoms with Gasteiger partial charge in [-0.05, 0) is 73.3 Å². The Morgan fingerprint density at radius 3 is 2.35 bits per heavy atom. The number of anilines is 2. The summed E-state index contributed by atoms with van der Waals surface area (Å²) in [6, 6.07) is 31.1. The van der Waals surface area contributed by atoms with Gasteiger partial charge < -0.3 is 20.9 Å². The molecular formula is C32H32N6O2. The van der Waals surface area contributed by atoms with Gasteiger partial charge in [-0.3, -0.25) is 9.36 Å². The zero-order valence-electron chi connectivity index (χ0n) is 22.6. The van der Waals surface area contributed by atoms with E-state index in [1.807, 2.05) is 115 Å². The number of hydrogen-bond donors (Lipinski definition) is 3. The monoisotopic (exact) mass is 532 g/mol. The Kier molecular flexibility index (Phi) is 8.18. The first-order valence-corrected chi connectivity index (χ1v) is 13.2. The van der Waals surface area contributed by atoms with Crippen molar-refractivity contribution in [2.75, 3.05) is 37.8 Å². The first-order chi connectivity index (χ1) is 19.4. The van der Waals surface area contributed by atoms with Gasteiger partial charge in [0.2, 0.25) is 5.91 Å². The number of aromatic nitrogens is 2. The molecular weight excluding hydrogens is 500 g/mol. The molecule has 202 valence electrons. The summed E-state index contributed by atoms with van der Waals surface area (Å²) in [5.41, 5.74) is 7.20. The molecule has 0 bridgehead atoms. The molecule has 0 aliphatic rings. The van der Waals surface area contributed by atoms with Crippen LogP contribution in [0.5, 0.6) is 0 Å². The molecule has 1 aromatic heterocycles. The van der Waals surface area contributed by atoms with E-state index < -0.39 is 0 Å². The lowest BCUT2D eigenvalue weighted by Crippen LogP contribution is -2.34. The molecule has 0 aliphatic carbocycles. The molecule has 0 atom stereocenters. The molecule has 0 saturated heterocycles. The topological polar surface area (TPSA) is 91.3 Å². The molecule has 4 aromatic carbocycles. The second-order valence-electron chi connectivity index (χ2n) is 9.84. The van der Waals surface area contributed by atoms with Gasteiger partial charge in [0.15, 0.2) is 0 Å². The van der Waals surface area contributed by atoms with Crippen molar-refractivity contribution in [3.8, 4) is 16.8 Å². The lowest BCUT2D eigenvalue weighted by molar-refractivity contribution is -0.115. The lowest BCUT2D eigenvalue weighted by Gasteiger charge is -2.12. The molecule has 8 heteroatoms. The van der Waals surface area contributed by atoms with Crippen LogP contribution in [0.2, 0.25) is 0 Å². The second-order valence-corrected chi connectivity index (χ2v) is 9.84. The van der Waals surface area contributed by atoms with Crippen LogP contribution in [0.15, 0.2) is 103 Å². The van der Waals surface area contributed by atoms with Crippen LogP contribution in [0.25, 0.3) is 27.8 Å². The van der Waals surface area contributed by atoms with E-state index in [0.717, 1.165) is 51.3 Å². The van der Waals surface area contributed by atoms with E-state index >= 15 is 0 Å². The van der Waals surface area contributed by atoms with E-state index in [1.165, 1.54) is 0 Å². The van der Waals surface area contributed by atoms with Gasteiger partial charge in [0.25, 0.3) is 0 Å². The van der Waals surface area contributed by atoms with Gasteiger partial charge in [-0.1, -0.05) is 54.6 Å². The highest BCUT2D eigenvalue weighted by Crippen LogP contribution is 2.27. The lowest BCUT2D eigenvalue weighted by atomic mass is 10.0. The molecule has 40 heavy (non-hydrogen) atoms. The van der Waals surface area contributed by atoms with Crippen molar-refractivity contribution >= 4 is 34.3 Å². The van der Waals surface area contributed by atoms with Crippen LogP contribution in [0.4, 0.5) is 16.2 Å². The Labute approximate surface area is 233 Å². The third-order valence-electron chi connectivity index (χ3n) is 6.48. The molecule has 3 amide bonds. The van der Waals surface area contributed by atoms with E-state index in [1.54, 1.807) is 6.33 Å². The van der Waals surface area contributed by atoms with Crippen molar-refractivity contribution in [2.45, 2.75) is 6.42 Å². The molecule has 0 aliphatic heterocycles. The number of nitrogens with zero attached hydrogens (tertiary/aromatic N) is 3. The Morgan fingerprint density at radius 2 is 1.57 bits per heavy atom.